The Balaban J connectivity index is 3.02. The average Bonchev–Trinajstić information content (AvgIpc) is 2.65. The second kappa shape index (κ2) is 15.1. The Kier molecular flexibility index (Phi) is 13.6. The molecule has 4 nitrogen and oxygen atoms in total. The molecular formula is C23H42N2O2S. The van der Waals surface area contributed by atoms with Crippen LogP contribution in [0.1, 0.15) is 92.4 Å². The number of carbonyl (C=O) groups excluding carboxylic acids is 1. The molecule has 0 bridgehead atoms. The van der Waals surface area contributed by atoms with Gasteiger partial charge in [0, 0.05) is 23.9 Å². The Morgan fingerprint density at radius 1 is 1.18 bits per heavy atom. The lowest BCUT2D eigenvalue weighted by molar-refractivity contribution is -0.116. The summed E-state index contributed by atoms with van der Waals surface area (Å²) in [5.74, 6) is 1.78. The Morgan fingerprint density at radius 3 is 2.61 bits per heavy atom. The van der Waals surface area contributed by atoms with E-state index in [1.807, 2.05) is 18.7 Å². The average molecular weight is 411 g/mol. The van der Waals surface area contributed by atoms with E-state index in [1.54, 1.807) is 0 Å². The molecule has 0 aromatic heterocycles. The van der Waals surface area contributed by atoms with Gasteiger partial charge in [0.05, 0.1) is 17.9 Å². The normalized spacial score (nSPS) is 21.8. The fourth-order valence-electron chi connectivity index (χ4n) is 3.84. The lowest BCUT2D eigenvalue weighted by Gasteiger charge is -2.28. The van der Waals surface area contributed by atoms with E-state index in [9.17, 15) is 4.79 Å². The van der Waals surface area contributed by atoms with Crippen LogP contribution in [-0.2, 0) is 9.63 Å². The molecule has 1 fully saturated rings. The van der Waals surface area contributed by atoms with Crippen LogP contribution in [0.4, 0.5) is 0 Å². The van der Waals surface area contributed by atoms with Crippen LogP contribution in [0.5, 0.6) is 0 Å². The van der Waals surface area contributed by atoms with Crippen LogP contribution in [0.25, 0.3) is 0 Å². The van der Waals surface area contributed by atoms with E-state index in [4.69, 9.17) is 9.83 Å². The summed E-state index contributed by atoms with van der Waals surface area (Å²) in [7, 11) is 0. The predicted octanol–water partition coefficient (Wildman–Crippen LogP) is 6.11. The summed E-state index contributed by atoms with van der Waals surface area (Å²) in [5.41, 5.74) is 5.82. The fraction of sp³-hybridized carbons (Fsp3) is 0.826. The maximum atomic E-state index is 13.1. The van der Waals surface area contributed by atoms with Gasteiger partial charge in [-0.1, -0.05) is 53.4 Å². The molecule has 0 aliphatic heterocycles. The minimum absolute atomic E-state index is 0.243. The van der Waals surface area contributed by atoms with Crippen molar-refractivity contribution in [2.75, 3.05) is 18.9 Å². The molecular weight excluding hydrogens is 368 g/mol. The highest BCUT2D eigenvalue weighted by atomic mass is 32.2. The van der Waals surface area contributed by atoms with Crippen LogP contribution in [0.3, 0.4) is 0 Å². The van der Waals surface area contributed by atoms with Gasteiger partial charge in [0.1, 0.15) is 0 Å². The van der Waals surface area contributed by atoms with E-state index in [2.05, 4.69) is 33.2 Å². The smallest absolute Gasteiger partial charge is 0.166 e. The van der Waals surface area contributed by atoms with Crippen molar-refractivity contribution in [2.24, 2.45) is 10.9 Å². The van der Waals surface area contributed by atoms with Crippen LogP contribution >= 0.6 is 11.8 Å². The first kappa shape index (κ1) is 25.2. The summed E-state index contributed by atoms with van der Waals surface area (Å²) in [6.07, 6.45) is 9.26. The van der Waals surface area contributed by atoms with Gasteiger partial charge in [0.2, 0.25) is 0 Å². The number of ketones is 1. The number of nitrogens with one attached hydrogen (secondary N) is 1. The second-order valence-corrected chi connectivity index (χ2v) is 9.44. The molecule has 0 spiro atoms. The van der Waals surface area contributed by atoms with Crippen molar-refractivity contribution in [1.82, 2.24) is 5.48 Å². The lowest BCUT2D eigenvalue weighted by Crippen LogP contribution is -2.32. The minimum Gasteiger partial charge on any atom is -0.294 e. The van der Waals surface area contributed by atoms with Gasteiger partial charge in [-0.05, 0) is 44.3 Å². The zero-order chi connectivity index (χ0) is 20.8. The number of hydrogen-bond acceptors (Lipinski definition) is 5. The van der Waals surface area contributed by atoms with E-state index in [0.717, 1.165) is 61.4 Å². The number of nitrogens with zero attached hydrogens (tertiary/aromatic N) is 1. The third-order valence-corrected chi connectivity index (χ3v) is 6.19. The molecule has 0 amide bonds. The summed E-state index contributed by atoms with van der Waals surface area (Å²) in [6.45, 7) is 12.2. The first-order valence-electron chi connectivity index (χ1n) is 11.4. The van der Waals surface area contributed by atoms with Crippen LogP contribution in [-0.4, -0.2) is 35.6 Å². The SMILES string of the molecule is CCCCCCN=C1CC(CC(C)SCC)CC(=O)/C1=C(\CCC)NOCC. The van der Waals surface area contributed by atoms with Crippen LogP contribution in [0.2, 0.25) is 0 Å². The zero-order valence-electron chi connectivity index (χ0n) is 18.8. The van der Waals surface area contributed by atoms with Crippen LogP contribution < -0.4 is 5.48 Å². The number of allylic oxidation sites excluding steroid dienone is 2. The number of unbranched alkanes of at least 4 members (excludes halogenated alkanes) is 3. The number of carbonyl (C=O) groups is 1. The molecule has 1 aliphatic carbocycles. The molecule has 0 saturated heterocycles. The quantitative estimate of drug-likeness (QED) is 0.213. The van der Waals surface area contributed by atoms with Crippen molar-refractivity contribution in [3.63, 3.8) is 0 Å². The highest BCUT2D eigenvalue weighted by Crippen LogP contribution is 2.32. The van der Waals surface area contributed by atoms with E-state index in [-0.39, 0.29) is 5.78 Å². The molecule has 162 valence electrons. The van der Waals surface area contributed by atoms with Crippen molar-refractivity contribution in [1.29, 1.82) is 0 Å². The molecule has 2 unspecified atom stereocenters. The molecule has 1 aliphatic rings. The summed E-state index contributed by atoms with van der Waals surface area (Å²) in [4.78, 5) is 23.5. The van der Waals surface area contributed by atoms with E-state index in [1.165, 1.54) is 19.3 Å². The van der Waals surface area contributed by atoms with Gasteiger partial charge in [0.15, 0.2) is 5.78 Å². The molecule has 0 heterocycles. The van der Waals surface area contributed by atoms with Gasteiger partial charge in [0.25, 0.3) is 0 Å². The van der Waals surface area contributed by atoms with E-state index in [0.29, 0.717) is 24.2 Å². The maximum absolute atomic E-state index is 13.1. The minimum atomic E-state index is 0.243. The van der Waals surface area contributed by atoms with Crippen LogP contribution in [0.15, 0.2) is 16.3 Å². The molecule has 0 aromatic carbocycles. The van der Waals surface area contributed by atoms with Crippen molar-refractivity contribution < 1.29 is 9.63 Å². The predicted molar refractivity (Wildman–Crippen MR) is 123 cm³/mol. The van der Waals surface area contributed by atoms with Gasteiger partial charge in [-0.15, -0.1) is 0 Å². The molecule has 5 heteroatoms. The number of hydroxylamine groups is 1. The maximum Gasteiger partial charge on any atom is 0.166 e. The van der Waals surface area contributed by atoms with Gasteiger partial charge < -0.3 is 0 Å². The fourth-order valence-corrected chi connectivity index (χ4v) is 4.81. The number of hydrogen-bond donors (Lipinski definition) is 1. The Hall–Kier alpha value is -0.810. The highest BCUT2D eigenvalue weighted by molar-refractivity contribution is 7.99. The third-order valence-electron chi connectivity index (χ3n) is 5.10. The zero-order valence-corrected chi connectivity index (χ0v) is 19.6. The van der Waals surface area contributed by atoms with Crippen molar-refractivity contribution in [3.05, 3.63) is 11.3 Å². The van der Waals surface area contributed by atoms with Crippen molar-refractivity contribution in [2.45, 2.75) is 97.7 Å². The Bertz CT molecular complexity index is 517. The summed E-state index contributed by atoms with van der Waals surface area (Å²) < 4.78 is 0. The van der Waals surface area contributed by atoms with Crippen LogP contribution in [0, 0.1) is 5.92 Å². The van der Waals surface area contributed by atoms with Gasteiger partial charge >= 0.3 is 0 Å². The molecule has 1 rings (SSSR count). The van der Waals surface area contributed by atoms with E-state index >= 15 is 0 Å². The number of rotatable bonds is 14. The van der Waals surface area contributed by atoms with Crippen molar-refractivity contribution >= 4 is 23.3 Å². The molecule has 2 atom stereocenters. The molecule has 0 radical (unpaired) electrons. The lowest BCUT2D eigenvalue weighted by atomic mass is 9.79. The molecule has 1 N–H and O–H groups in total. The molecule has 0 aromatic rings. The third kappa shape index (κ3) is 9.13. The number of Topliss-reactive ketones (excluding diaryl/α,β-unsaturated/α-hetero) is 1. The first-order valence-corrected chi connectivity index (χ1v) is 12.4. The molecule has 28 heavy (non-hydrogen) atoms. The first-order chi connectivity index (χ1) is 13.6. The summed E-state index contributed by atoms with van der Waals surface area (Å²) in [6, 6.07) is 0. The summed E-state index contributed by atoms with van der Waals surface area (Å²) >= 11 is 1.99. The van der Waals surface area contributed by atoms with Gasteiger partial charge in [-0.25, -0.2) is 0 Å². The largest absolute Gasteiger partial charge is 0.294 e. The Labute approximate surface area is 177 Å². The van der Waals surface area contributed by atoms with Crippen molar-refractivity contribution in [3.8, 4) is 0 Å². The highest BCUT2D eigenvalue weighted by Gasteiger charge is 2.32. The van der Waals surface area contributed by atoms with Gasteiger partial charge in [-0.2, -0.15) is 11.8 Å². The Morgan fingerprint density at radius 2 is 1.96 bits per heavy atom. The van der Waals surface area contributed by atoms with Gasteiger partial charge in [-0.3, -0.25) is 20.1 Å². The second-order valence-electron chi connectivity index (χ2n) is 7.73. The standard InChI is InChI=1S/C23H42N2O2S/c1-6-10-11-12-14-24-21-16-19(15-18(5)28-9-4)17-22(26)23(21)20(13-7-2)25-27-8-3/h18-19,25H,6-17H2,1-5H3/b23-20+,24-21?. The summed E-state index contributed by atoms with van der Waals surface area (Å²) in [5, 5.41) is 0.593. The monoisotopic (exact) mass is 410 g/mol. The number of thioether (sulfide) groups is 1. The van der Waals surface area contributed by atoms with E-state index < -0.39 is 0 Å². The molecule has 1 saturated carbocycles. The number of aliphatic imine (C=N–C) groups is 1. The topological polar surface area (TPSA) is 50.7 Å².